The number of benzene rings is 6. The van der Waals surface area contributed by atoms with E-state index in [4.69, 9.17) is 0 Å². The second-order valence-corrected chi connectivity index (χ2v) is 17.4. The van der Waals surface area contributed by atoms with Gasteiger partial charge in [-0.3, -0.25) is 0 Å². The summed E-state index contributed by atoms with van der Waals surface area (Å²) in [7, 11) is -4.04. The third-order valence-corrected chi connectivity index (χ3v) is 16.2. The Labute approximate surface area is 252 Å². The van der Waals surface area contributed by atoms with E-state index in [2.05, 4.69) is 194 Å². The van der Waals surface area contributed by atoms with Crippen LogP contribution in [0.5, 0.6) is 0 Å². The van der Waals surface area contributed by atoms with Gasteiger partial charge >= 0.3 is 0 Å². The van der Waals surface area contributed by atoms with Crippen molar-refractivity contribution in [1.29, 1.82) is 0 Å². The zero-order valence-corrected chi connectivity index (χ0v) is 25.6. The largest absolute Gasteiger partial charge is 0.112 e. The molecule has 0 saturated carbocycles. The quantitative estimate of drug-likeness (QED) is 0.142. The van der Waals surface area contributed by atoms with E-state index in [0.717, 1.165) is 12.3 Å². The molecule has 0 unspecified atom stereocenters. The lowest BCUT2D eigenvalue weighted by Gasteiger charge is -2.27. The molecule has 204 valence electrons. The SMILES string of the molecule is C(=C\[P+](Cc1ccccc1)(c1ccccc1)c1ccccc1)/[P+](Cc1ccccc1)(c1ccccc1)c1ccccc1. The fourth-order valence-electron chi connectivity index (χ4n) is 5.86. The lowest BCUT2D eigenvalue weighted by atomic mass is 10.2. The van der Waals surface area contributed by atoms with E-state index in [0.29, 0.717) is 0 Å². The molecule has 0 bridgehead atoms. The molecule has 0 aliphatic carbocycles. The van der Waals surface area contributed by atoms with Crippen LogP contribution in [0.15, 0.2) is 194 Å². The highest BCUT2D eigenvalue weighted by Crippen LogP contribution is 2.67. The van der Waals surface area contributed by atoms with Crippen LogP contribution in [-0.4, -0.2) is 0 Å². The summed E-state index contributed by atoms with van der Waals surface area (Å²) in [6.45, 7) is 0. The van der Waals surface area contributed by atoms with Gasteiger partial charge in [-0.2, -0.15) is 0 Å². The monoisotopic (exact) mass is 578 g/mol. The first-order valence-electron chi connectivity index (χ1n) is 14.5. The molecule has 0 spiro atoms. The fraction of sp³-hybridized carbons (Fsp3) is 0.0500. The van der Waals surface area contributed by atoms with Gasteiger partial charge in [0.15, 0.2) is 0 Å². The molecule has 0 aliphatic heterocycles. The van der Waals surface area contributed by atoms with E-state index < -0.39 is 14.5 Å². The smallest absolute Gasteiger partial charge is 0.0622 e. The van der Waals surface area contributed by atoms with Crippen molar-refractivity contribution in [2.24, 2.45) is 0 Å². The zero-order valence-electron chi connectivity index (χ0n) is 23.8. The summed E-state index contributed by atoms with van der Waals surface area (Å²) in [6, 6.07) is 67.0. The molecule has 0 saturated heterocycles. The molecule has 42 heavy (non-hydrogen) atoms. The topological polar surface area (TPSA) is 0 Å². The molecule has 6 rings (SSSR count). The summed E-state index contributed by atoms with van der Waals surface area (Å²) in [5, 5.41) is 5.65. The Morgan fingerprint density at radius 2 is 0.500 bits per heavy atom. The van der Waals surface area contributed by atoms with Crippen molar-refractivity contribution in [1.82, 2.24) is 0 Å². The van der Waals surface area contributed by atoms with Crippen molar-refractivity contribution in [2.45, 2.75) is 12.3 Å². The molecule has 0 N–H and O–H groups in total. The summed E-state index contributed by atoms with van der Waals surface area (Å²) in [5.74, 6) is 5.34. The second kappa shape index (κ2) is 13.3. The van der Waals surface area contributed by atoms with Gasteiger partial charge in [-0.05, 0) is 59.7 Å². The Bertz CT molecular complexity index is 1470. The molecule has 0 heterocycles. The highest BCUT2D eigenvalue weighted by molar-refractivity contribution is 7.94. The van der Waals surface area contributed by atoms with Crippen LogP contribution in [0.2, 0.25) is 0 Å². The number of hydrogen-bond donors (Lipinski definition) is 0. The van der Waals surface area contributed by atoms with Gasteiger partial charge in [-0.25, -0.2) is 0 Å². The van der Waals surface area contributed by atoms with E-state index >= 15 is 0 Å². The van der Waals surface area contributed by atoms with Gasteiger partial charge in [-0.15, -0.1) is 0 Å². The van der Waals surface area contributed by atoms with Crippen molar-refractivity contribution < 1.29 is 0 Å². The van der Waals surface area contributed by atoms with Gasteiger partial charge in [-0.1, -0.05) is 133 Å². The molecule has 0 radical (unpaired) electrons. The number of hydrogen-bond acceptors (Lipinski definition) is 0. The van der Waals surface area contributed by atoms with Crippen LogP contribution in [0, 0.1) is 0 Å². The van der Waals surface area contributed by atoms with Gasteiger partial charge in [0, 0.05) is 0 Å². The third-order valence-electron chi connectivity index (χ3n) is 7.99. The Morgan fingerprint density at radius 3 is 0.738 bits per heavy atom. The van der Waals surface area contributed by atoms with Crippen LogP contribution in [0.1, 0.15) is 11.1 Å². The summed E-state index contributed by atoms with van der Waals surface area (Å²) in [6.07, 6.45) is 1.96. The molecule has 0 amide bonds. The molecule has 0 aliphatic rings. The summed E-state index contributed by atoms with van der Waals surface area (Å²) in [5.41, 5.74) is 2.74. The fourth-order valence-corrected chi connectivity index (χ4v) is 14.3. The van der Waals surface area contributed by atoms with Gasteiger partial charge in [0.05, 0.1) is 12.3 Å². The first-order chi connectivity index (χ1) is 20.8. The molecular weight excluding hydrogens is 542 g/mol. The van der Waals surface area contributed by atoms with E-state index in [1.165, 1.54) is 32.3 Å². The first kappa shape index (κ1) is 28.1. The summed E-state index contributed by atoms with van der Waals surface area (Å²) >= 11 is 0. The predicted molar refractivity (Wildman–Crippen MR) is 188 cm³/mol. The third kappa shape index (κ3) is 6.07. The highest BCUT2D eigenvalue weighted by Gasteiger charge is 2.46. The average molecular weight is 579 g/mol. The van der Waals surface area contributed by atoms with Crippen molar-refractivity contribution in [2.75, 3.05) is 0 Å². The minimum absolute atomic E-state index is 0.979. The number of rotatable bonds is 10. The Kier molecular flexibility index (Phi) is 8.86. The van der Waals surface area contributed by atoms with Gasteiger partial charge in [0.25, 0.3) is 0 Å². The minimum Gasteiger partial charge on any atom is -0.0622 e. The molecular formula is C40H36P2+2. The average Bonchev–Trinajstić information content (AvgIpc) is 3.08. The predicted octanol–water partition coefficient (Wildman–Crippen LogP) is 9.20. The lowest BCUT2D eigenvalue weighted by Crippen LogP contribution is -2.25. The normalized spacial score (nSPS) is 11.9. The van der Waals surface area contributed by atoms with Crippen LogP contribution in [-0.2, 0) is 12.3 Å². The maximum absolute atomic E-state index is 2.67. The molecule has 0 nitrogen and oxygen atoms in total. The molecule has 0 atom stereocenters. The van der Waals surface area contributed by atoms with Crippen LogP contribution >= 0.6 is 14.5 Å². The van der Waals surface area contributed by atoms with E-state index in [-0.39, 0.29) is 0 Å². The van der Waals surface area contributed by atoms with Crippen LogP contribution in [0.3, 0.4) is 0 Å². The Hall–Kier alpha value is -4.08. The van der Waals surface area contributed by atoms with E-state index in [9.17, 15) is 0 Å². The molecule has 6 aromatic rings. The molecule has 0 fully saturated rings. The zero-order chi connectivity index (χ0) is 28.5. The maximum Gasteiger partial charge on any atom is 0.112 e. The van der Waals surface area contributed by atoms with Crippen molar-refractivity contribution in [3.63, 3.8) is 0 Å². The van der Waals surface area contributed by atoms with Crippen molar-refractivity contribution in [3.8, 4) is 0 Å². The van der Waals surface area contributed by atoms with Crippen LogP contribution < -0.4 is 21.2 Å². The maximum atomic E-state index is 2.67. The van der Waals surface area contributed by atoms with Crippen LogP contribution in [0.25, 0.3) is 0 Å². The second-order valence-electron chi connectivity index (χ2n) is 10.7. The lowest BCUT2D eigenvalue weighted by molar-refractivity contribution is 1.39. The molecule has 6 aromatic carbocycles. The van der Waals surface area contributed by atoms with E-state index in [1.54, 1.807) is 0 Å². The Morgan fingerprint density at radius 1 is 0.286 bits per heavy atom. The minimum atomic E-state index is -2.02. The van der Waals surface area contributed by atoms with Crippen LogP contribution in [0.4, 0.5) is 0 Å². The van der Waals surface area contributed by atoms with Crippen molar-refractivity contribution in [3.05, 3.63) is 205 Å². The summed E-state index contributed by atoms with van der Waals surface area (Å²) < 4.78 is 0. The van der Waals surface area contributed by atoms with Gasteiger partial charge in [0.2, 0.25) is 0 Å². The van der Waals surface area contributed by atoms with Gasteiger partial charge in [0.1, 0.15) is 47.4 Å². The first-order valence-corrected chi connectivity index (χ1v) is 18.6. The molecule has 2 heteroatoms. The highest BCUT2D eigenvalue weighted by atomic mass is 31.2. The van der Waals surface area contributed by atoms with Crippen molar-refractivity contribution >= 4 is 35.7 Å². The Balaban J connectivity index is 1.63. The standard InChI is InChI=1S/C40H36P2/c1-7-19-35(20-8-1)33-41(37-23-11-3-12-24-37,38-25-13-4-14-26-38)31-32-42(39-27-15-5-16-28-39,40-29-17-6-18-30-40)34-36-21-9-2-10-22-36/h1-32H,33-34H2/q+2/b32-31+. The molecule has 0 aromatic heterocycles. The van der Waals surface area contributed by atoms with E-state index in [1.807, 2.05) is 0 Å². The summed E-state index contributed by atoms with van der Waals surface area (Å²) in [4.78, 5) is 0. The van der Waals surface area contributed by atoms with Gasteiger partial charge < -0.3 is 0 Å².